The van der Waals surface area contributed by atoms with Gasteiger partial charge in [-0.15, -0.1) is 0 Å². The molecule has 0 radical (unpaired) electrons. The van der Waals surface area contributed by atoms with Crippen LogP contribution in [-0.4, -0.2) is 26.3 Å². The molecular weight excluding hydrogens is 352 g/mol. The van der Waals surface area contributed by atoms with Gasteiger partial charge >= 0.3 is 0 Å². The second kappa shape index (κ2) is 7.45. The molecule has 4 heteroatoms. The molecule has 1 aliphatic rings. The molecule has 0 aliphatic carbocycles. The zero-order valence-electron chi connectivity index (χ0n) is 12.7. The summed E-state index contributed by atoms with van der Waals surface area (Å²) < 4.78 is 6.39. The third-order valence-electron chi connectivity index (χ3n) is 3.86. The summed E-state index contributed by atoms with van der Waals surface area (Å²) in [5, 5.41) is 9.42. The molecule has 23 heavy (non-hydrogen) atoms. The largest absolute Gasteiger partial charge is 0.378 e. The third kappa shape index (κ3) is 4.01. The summed E-state index contributed by atoms with van der Waals surface area (Å²) in [4.78, 5) is 2.32. The van der Waals surface area contributed by atoms with E-state index in [1.165, 1.54) is 5.69 Å². The van der Waals surface area contributed by atoms with Crippen molar-refractivity contribution in [2.45, 2.75) is 0 Å². The lowest BCUT2D eigenvalue weighted by Crippen LogP contribution is -2.36. The number of hydrogen-bond acceptors (Lipinski definition) is 3. The molecule has 1 heterocycles. The predicted molar refractivity (Wildman–Crippen MR) is 97.1 cm³/mol. The molecule has 1 aliphatic heterocycles. The van der Waals surface area contributed by atoms with Crippen molar-refractivity contribution in [3.8, 4) is 6.07 Å². The first-order chi connectivity index (χ1) is 11.3. The summed E-state index contributed by atoms with van der Waals surface area (Å²) in [7, 11) is 0. The van der Waals surface area contributed by atoms with Crippen molar-refractivity contribution >= 4 is 33.3 Å². The van der Waals surface area contributed by atoms with Crippen molar-refractivity contribution < 1.29 is 4.74 Å². The van der Waals surface area contributed by atoms with Gasteiger partial charge in [0.2, 0.25) is 0 Å². The van der Waals surface area contributed by atoms with Crippen LogP contribution in [0.5, 0.6) is 0 Å². The fourth-order valence-corrected chi connectivity index (χ4v) is 2.84. The van der Waals surface area contributed by atoms with Gasteiger partial charge in [0.15, 0.2) is 0 Å². The average molecular weight is 369 g/mol. The van der Waals surface area contributed by atoms with E-state index in [1.807, 2.05) is 30.3 Å². The van der Waals surface area contributed by atoms with Crippen molar-refractivity contribution in [1.29, 1.82) is 5.26 Å². The fraction of sp³-hybridized carbons (Fsp3) is 0.211. The van der Waals surface area contributed by atoms with E-state index < -0.39 is 0 Å². The van der Waals surface area contributed by atoms with Crippen molar-refractivity contribution in [1.82, 2.24) is 0 Å². The van der Waals surface area contributed by atoms with Gasteiger partial charge in [0.05, 0.1) is 24.9 Å². The molecule has 1 saturated heterocycles. The summed E-state index contributed by atoms with van der Waals surface area (Å²) in [6, 6.07) is 18.4. The molecule has 0 bridgehead atoms. The van der Waals surface area contributed by atoms with Crippen LogP contribution in [0, 0.1) is 11.3 Å². The monoisotopic (exact) mass is 368 g/mol. The predicted octanol–water partition coefficient (Wildman–Crippen LogP) is 4.35. The van der Waals surface area contributed by atoms with Gasteiger partial charge in [0.1, 0.15) is 0 Å². The average Bonchev–Trinajstić information content (AvgIpc) is 2.62. The number of allylic oxidation sites excluding steroid dienone is 1. The number of hydrogen-bond donors (Lipinski definition) is 0. The van der Waals surface area contributed by atoms with E-state index in [-0.39, 0.29) is 0 Å². The zero-order valence-corrected chi connectivity index (χ0v) is 14.3. The fourth-order valence-electron chi connectivity index (χ4n) is 2.58. The number of morpholine rings is 1. The molecule has 116 valence electrons. The lowest BCUT2D eigenvalue weighted by atomic mass is 10.0. The molecule has 0 atom stereocenters. The normalized spacial score (nSPS) is 15.3. The molecule has 0 aromatic heterocycles. The van der Waals surface area contributed by atoms with Crippen LogP contribution in [0.1, 0.15) is 11.1 Å². The minimum absolute atomic E-state index is 0.664. The van der Waals surface area contributed by atoms with Gasteiger partial charge in [0.25, 0.3) is 0 Å². The van der Waals surface area contributed by atoms with E-state index in [1.54, 1.807) is 0 Å². The highest BCUT2D eigenvalue weighted by Gasteiger charge is 2.10. The molecule has 0 unspecified atom stereocenters. The Morgan fingerprint density at radius 1 is 1.04 bits per heavy atom. The molecule has 0 spiro atoms. The van der Waals surface area contributed by atoms with E-state index in [4.69, 9.17) is 4.74 Å². The minimum Gasteiger partial charge on any atom is -0.378 e. The van der Waals surface area contributed by atoms with Crippen LogP contribution in [0.15, 0.2) is 53.0 Å². The first-order valence-corrected chi connectivity index (χ1v) is 8.36. The van der Waals surface area contributed by atoms with E-state index in [0.29, 0.717) is 5.57 Å². The van der Waals surface area contributed by atoms with Gasteiger partial charge in [-0.3, -0.25) is 0 Å². The Balaban J connectivity index is 1.80. The Labute approximate surface area is 144 Å². The van der Waals surface area contributed by atoms with E-state index >= 15 is 0 Å². The molecule has 0 amide bonds. The second-order valence-corrected chi connectivity index (χ2v) is 6.28. The van der Waals surface area contributed by atoms with Crippen molar-refractivity contribution in [3.63, 3.8) is 0 Å². The standard InChI is InChI=1S/C19H17BrN2O/c20-18-5-3-16(4-6-18)17(14-21)13-15-1-7-19(8-2-15)22-9-11-23-12-10-22/h1-8,13H,9-12H2/b17-13-. The lowest BCUT2D eigenvalue weighted by Gasteiger charge is -2.28. The molecule has 3 rings (SSSR count). The Hall–Kier alpha value is -2.09. The zero-order chi connectivity index (χ0) is 16.1. The number of ether oxygens (including phenoxy) is 1. The van der Waals surface area contributed by atoms with Gasteiger partial charge in [0, 0.05) is 23.2 Å². The smallest absolute Gasteiger partial charge is 0.0998 e. The van der Waals surface area contributed by atoms with Crippen LogP contribution in [-0.2, 0) is 4.74 Å². The molecule has 2 aromatic carbocycles. The maximum atomic E-state index is 9.42. The number of halogens is 1. The first-order valence-electron chi connectivity index (χ1n) is 7.57. The van der Waals surface area contributed by atoms with Crippen molar-refractivity contribution in [3.05, 3.63) is 64.1 Å². The minimum atomic E-state index is 0.664. The highest BCUT2D eigenvalue weighted by molar-refractivity contribution is 9.10. The van der Waals surface area contributed by atoms with E-state index in [2.05, 4.69) is 51.2 Å². The Bertz CT molecular complexity index is 723. The van der Waals surface area contributed by atoms with Crippen LogP contribution in [0.25, 0.3) is 11.6 Å². The maximum Gasteiger partial charge on any atom is 0.0998 e. The molecule has 0 N–H and O–H groups in total. The van der Waals surface area contributed by atoms with Crippen LogP contribution in [0.2, 0.25) is 0 Å². The van der Waals surface area contributed by atoms with Gasteiger partial charge in [-0.25, -0.2) is 0 Å². The Morgan fingerprint density at radius 3 is 2.30 bits per heavy atom. The molecular formula is C19H17BrN2O. The molecule has 3 nitrogen and oxygen atoms in total. The Kier molecular flexibility index (Phi) is 5.12. The number of nitriles is 1. The number of anilines is 1. The Morgan fingerprint density at radius 2 is 1.70 bits per heavy atom. The van der Waals surface area contributed by atoms with Gasteiger partial charge in [-0.2, -0.15) is 5.26 Å². The van der Waals surface area contributed by atoms with Gasteiger partial charge in [-0.05, 0) is 41.5 Å². The van der Waals surface area contributed by atoms with Crippen LogP contribution < -0.4 is 4.90 Å². The SMILES string of the molecule is N#C/C(=C/c1ccc(N2CCOCC2)cc1)c1ccc(Br)cc1. The number of nitrogens with zero attached hydrogens (tertiary/aromatic N) is 2. The lowest BCUT2D eigenvalue weighted by molar-refractivity contribution is 0.122. The van der Waals surface area contributed by atoms with Crippen LogP contribution >= 0.6 is 15.9 Å². The summed E-state index contributed by atoms with van der Waals surface area (Å²) in [6.45, 7) is 3.42. The molecule has 2 aromatic rings. The maximum absolute atomic E-state index is 9.42. The van der Waals surface area contributed by atoms with Crippen molar-refractivity contribution in [2.75, 3.05) is 31.2 Å². The summed E-state index contributed by atoms with van der Waals surface area (Å²) in [5.41, 5.74) is 3.82. The quantitative estimate of drug-likeness (QED) is 0.596. The summed E-state index contributed by atoms with van der Waals surface area (Å²) in [6.07, 6.45) is 1.92. The second-order valence-electron chi connectivity index (χ2n) is 5.37. The number of rotatable bonds is 3. The highest BCUT2D eigenvalue weighted by Crippen LogP contribution is 2.22. The van der Waals surface area contributed by atoms with Crippen LogP contribution in [0.4, 0.5) is 5.69 Å². The number of benzene rings is 2. The third-order valence-corrected chi connectivity index (χ3v) is 4.38. The van der Waals surface area contributed by atoms with Crippen molar-refractivity contribution in [2.24, 2.45) is 0 Å². The van der Waals surface area contributed by atoms with E-state index in [0.717, 1.165) is 41.9 Å². The topological polar surface area (TPSA) is 36.3 Å². The van der Waals surface area contributed by atoms with Crippen LogP contribution in [0.3, 0.4) is 0 Å². The first kappa shape index (κ1) is 15.8. The summed E-state index contributed by atoms with van der Waals surface area (Å²) in [5.74, 6) is 0. The molecule has 0 saturated carbocycles. The highest BCUT2D eigenvalue weighted by atomic mass is 79.9. The van der Waals surface area contributed by atoms with Gasteiger partial charge in [-0.1, -0.05) is 40.2 Å². The van der Waals surface area contributed by atoms with Gasteiger partial charge < -0.3 is 9.64 Å². The summed E-state index contributed by atoms with van der Waals surface area (Å²) >= 11 is 3.41. The molecule has 1 fully saturated rings. The van der Waals surface area contributed by atoms with E-state index in [9.17, 15) is 5.26 Å².